The third kappa shape index (κ3) is 3.97. The summed E-state index contributed by atoms with van der Waals surface area (Å²) in [6, 6.07) is 1.41. The fourth-order valence-electron chi connectivity index (χ4n) is 2.30. The zero-order valence-corrected chi connectivity index (χ0v) is 11.4. The average molecular weight is 230 g/mol. The molecule has 1 heterocycles. The Morgan fingerprint density at radius 2 is 2.27 bits per heavy atom. The molecular weight excluding hydrogens is 204 g/mol. The summed E-state index contributed by atoms with van der Waals surface area (Å²) >= 11 is 1.96. The molecule has 0 bridgehead atoms. The van der Waals surface area contributed by atoms with Crippen LogP contribution in [0.3, 0.4) is 0 Å². The third-order valence-electron chi connectivity index (χ3n) is 3.54. The summed E-state index contributed by atoms with van der Waals surface area (Å²) in [6.45, 7) is 10.6. The first-order valence-electron chi connectivity index (χ1n) is 6.15. The molecule has 0 radical (unpaired) electrons. The molecule has 3 atom stereocenters. The standard InChI is InChI=1S/C12H26N2S/c1-5-10(2)12-8-13-11(3)9-14(12)6-7-15-4/h10-13H,5-9H2,1-4H3. The van der Waals surface area contributed by atoms with Gasteiger partial charge in [0.05, 0.1) is 0 Å². The molecule has 3 heteroatoms. The molecule has 1 saturated heterocycles. The lowest BCUT2D eigenvalue weighted by molar-refractivity contribution is 0.103. The summed E-state index contributed by atoms with van der Waals surface area (Å²) in [5, 5.41) is 3.61. The Morgan fingerprint density at radius 3 is 2.87 bits per heavy atom. The highest BCUT2D eigenvalue weighted by Crippen LogP contribution is 2.18. The van der Waals surface area contributed by atoms with E-state index in [9.17, 15) is 0 Å². The van der Waals surface area contributed by atoms with Crippen molar-refractivity contribution in [1.29, 1.82) is 0 Å². The van der Waals surface area contributed by atoms with E-state index in [2.05, 4.69) is 37.2 Å². The maximum absolute atomic E-state index is 3.61. The van der Waals surface area contributed by atoms with E-state index in [1.165, 1.54) is 31.8 Å². The van der Waals surface area contributed by atoms with Crippen LogP contribution in [0.15, 0.2) is 0 Å². The first kappa shape index (κ1) is 13.3. The molecule has 0 aromatic carbocycles. The Bertz CT molecular complexity index is 175. The van der Waals surface area contributed by atoms with Crippen molar-refractivity contribution in [2.24, 2.45) is 5.92 Å². The highest BCUT2D eigenvalue weighted by atomic mass is 32.2. The Labute approximate surface area is 99.2 Å². The second kappa shape index (κ2) is 6.77. The molecule has 1 aliphatic rings. The third-order valence-corrected chi connectivity index (χ3v) is 4.13. The van der Waals surface area contributed by atoms with Gasteiger partial charge in [-0.05, 0) is 19.1 Å². The van der Waals surface area contributed by atoms with Gasteiger partial charge in [0, 0.05) is 37.5 Å². The summed E-state index contributed by atoms with van der Waals surface area (Å²) in [5.41, 5.74) is 0. The van der Waals surface area contributed by atoms with Crippen molar-refractivity contribution in [2.75, 3.05) is 31.6 Å². The van der Waals surface area contributed by atoms with Crippen LogP contribution in [-0.2, 0) is 0 Å². The molecule has 1 fully saturated rings. The largest absolute Gasteiger partial charge is 0.311 e. The van der Waals surface area contributed by atoms with Crippen molar-refractivity contribution in [3.8, 4) is 0 Å². The molecule has 0 saturated carbocycles. The van der Waals surface area contributed by atoms with Crippen LogP contribution in [0, 0.1) is 5.92 Å². The van der Waals surface area contributed by atoms with E-state index in [1.807, 2.05) is 11.8 Å². The van der Waals surface area contributed by atoms with Crippen molar-refractivity contribution in [2.45, 2.75) is 39.3 Å². The minimum atomic E-state index is 0.659. The Hall–Kier alpha value is 0.270. The summed E-state index contributed by atoms with van der Waals surface area (Å²) in [4.78, 5) is 2.69. The van der Waals surface area contributed by atoms with Gasteiger partial charge in [-0.3, -0.25) is 4.90 Å². The highest BCUT2D eigenvalue weighted by Gasteiger charge is 2.28. The number of hydrogen-bond acceptors (Lipinski definition) is 3. The van der Waals surface area contributed by atoms with E-state index in [4.69, 9.17) is 0 Å². The van der Waals surface area contributed by atoms with Crippen molar-refractivity contribution in [3.63, 3.8) is 0 Å². The van der Waals surface area contributed by atoms with Crippen LogP contribution in [0.25, 0.3) is 0 Å². The van der Waals surface area contributed by atoms with E-state index in [1.54, 1.807) is 0 Å². The molecule has 0 aliphatic carbocycles. The van der Waals surface area contributed by atoms with Gasteiger partial charge in [0.1, 0.15) is 0 Å². The predicted molar refractivity (Wildman–Crippen MR) is 70.7 cm³/mol. The van der Waals surface area contributed by atoms with Gasteiger partial charge in [0.15, 0.2) is 0 Å². The molecule has 0 aromatic heterocycles. The van der Waals surface area contributed by atoms with Crippen molar-refractivity contribution in [1.82, 2.24) is 10.2 Å². The van der Waals surface area contributed by atoms with Gasteiger partial charge in [-0.1, -0.05) is 20.3 Å². The molecular formula is C12H26N2S. The normalized spacial score (nSPS) is 30.4. The Kier molecular flexibility index (Phi) is 6.02. The lowest BCUT2D eigenvalue weighted by Gasteiger charge is -2.42. The highest BCUT2D eigenvalue weighted by molar-refractivity contribution is 7.98. The molecule has 1 rings (SSSR count). The molecule has 1 aliphatic heterocycles. The van der Waals surface area contributed by atoms with Gasteiger partial charge in [-0.2, -0.15) is 11.8 Å². The average Bonchev–Trinajstić information content (AvgIpc) is 2.25. The van der Waals surface area contributed by atoms with E-state index in [0.29, 0.717) is 6.04 Å². The van der Waals surface area contributed by atoms with Gasteiger partial charge >= 0.3 is 0 Å². The Morgan fingerprint density at radius 1 is 1.53 bits per heavy atom. The van der Waals surface area contributed by atoms with Gasteiger partial charge in [-0.15, -0.1) is 0 Å². The molecule has 1 N–H and O–H groups in total. The summed E-state index contributed by atoms with van der Waals surface area (Å²) in [6.07, 6.45) is 3.49. The first-order chi connectivity index (χ1) is 7.19. The van der Waals surface area contributed by atoms with E-state index in [-0.39, 0.29) is 0 Å². The minimum absolute atomic E-state index is 0.659. The van der Waals surface area contributed by atoms with Gasteiger partial charge in [-0.25, -0.2) is 0 Å². The predicted octanol–water partition coefficient (Wildman–Crippen LogP) is 2.06. The van der Waals surface area contributed by atoms with Crippen LogP contribution in [0.2, 0.25) is 0 Å². The topological polar surface area (TPSA) is 15.3 Å². The molecule has 2 nitrogen and oxygen atoms in total. The molecule has 0 aromatic rings. The van der Waals surface area contributed by atoms with E-state index in [0.717, 1.165) is 12.0 Å². The van der Waals surface area contributed by atoms with Crippen molar-refractivity contribution >= 4 is 11.8 Å². The molecule has 3 unspecified atom stereocenters. The summed E-state index contributed by atoms with van der Waals surface area (Å²) < 4.78 is 0. The van der Waals surface area contributed by atoms with Crippen LogP contribution >= 0.6 is 11.8 Å². The zero-order valence-electron chi connectivity index (χ0n) is 10.6. The Balaban J connectivity index is 2.49. The van der Waals surface area contributed by atoms with Crippen molar-refractivity contribution < 1.29 is 0 Å². The van der Waals surface area contributed by atoms with Gasteiger partial charge < -0.3 is 5.32 Å². The van der Waals surface area contributed by atoms with Crippen LogP contribution in [0.4, 0.5) is 0 Å². The van der Waals surface area contributed by atoms with Gasteiger partial charge in [0.25, 0.3) is 0 Å². The maximum Gasteiger partial charge on any atom is 0.0247 e. The second-order valence-corrected chi connectivity index (χ2v) is 5.74. The number of thioether (sulfide) groups is 1. The smallest absolute Gasteiger partial charge is 0.0247 e. The number of rotatable bonds is 5. The van der Waals surface area contributed by atoms with E-state index >= 15 is 0 Å². The molecule has 0 amide bonds. The SMILES string of the molecule is CCC(C)C1CNC(C)CN1CCSC. The number of piperazine rings is 1. The monoisotopic (exact) mass is 230 g/mol. The maximum atomic E-state index is 3.61. The van der Waals surface area contributed by atoms with Crippen LogP contribution < -0.4 is 5.32 Å². The number of nitrogens with zero attached hydrogens (tertiary/aromatic N) is 1. The van der Waals surface area contributed by atoms with E-state index < -0.39 is 0 Å². The van der Waals surface area contributed by atoms with Crippen molar-refractivity contribution in [3.05, 3.63) is 0 Å². The molecule has 0 spiro atoms. The van der Waals surface area contributed by atoms with Crippen LogP contribution in [0.5, 0.6) is 0 Å². The summed E-state index contributed by atoms with van der Waals surface area (Å²) in [7, 11) is 0. The fraction of sp³-hybridized carbons (Fsp3) is 1.00. The molecule has 15 heavy (non-hydrogen) atoms. The minimum Gasteiger partial charge on any atom is -0.311 e. The number of nitrogens with one attached hydrogen (secondary N) is 1. The zero-order chi connectivity index (χ0) is 11.3. The first-order valence-corrected chi connectivity index (χ1v) is 7.54. The van der Waals surface area contributed by atoms with Gasteiger partial charge in [0.2, 0.25) is 0 Å². The van der Waals surface area contributed by atoms with Crippen LogP contribution in [-0.4, -0.2) is 48.6 Å². The second-order valence-electron chi connectivity index (χ2n) is 4.75. The summed E-state index contributed by atoms with van der Waals surface area (Å²) in [5.74, 6) is 2.08. The lowest BCUT2D eigenvalue weighted by atomic mass is 9.95. The molecule has 90 valence electrons. The fourth-order valence-corrected chi connectivity index (χ4v) is 2.72. The number of hydrogen-bond donors (Lipinski definition) is 1. The van der Waals surface area contributed by atoms with Crippen LogP contribution in [0.1, 0.15) is 27.2 Å². The quantitative estimate of drug-likeness (QED) is 0.778. The lowest BCUT2D eigenvalue weighted by Crippen LogP contribution is -2.58.